The summed E-state index contributed by atoms with van der Waals surface area (Å²) in [6.07, 6.45) is 1.75. The van der Waals surface area contributed by atoms with Crippen molar-refractivity contribution in [3.05, 3.63) is 16.1 Å². The van der Waals surface area contributed by atoms with Crippen LogP contribution in [-0.2, 0) is 11.3 Å². The minimum absolute atomic E-state index is 0.158. The summed E-state index contributed by atoms with van der Waals surface area (Å²) >= 11 is 1.66. The van der Waals surface area contributed by atoms with Crippen LogP contribution in [0.5, 0.6) is 0 Å². The molecule has 90 valence electrons. The smallest absolute Gasteiger partial charge is 0.0798 e. The third kappa shape index (κ3) is 2.60. The molecular formula is C11H18N2O2S. The van der Waals surface area contributed by atoms with Gasteiger partial charge < -0.3 is 15.2 Å². The van der Waals surface area contributed by atoms with Crippen LogP contribution in [0.3, 0.4) is 0 Å². The molecule has 2 N–H and O–H groups in total. The van der Waals surface area contributed by atoms with Gasteiger partial charge in [-0.15, -0.1) is 11.3 Å². The molecule has 0 radical (unpaired) electrons. The van der Waals surface area contributed by atoms with E-state index >= 15 is 0 Å². The molecule has 0 saturated carbocycles. The molecule has 1 aliphatic heterocycles. The molecule has 1 saturated heterocycles. The molecule has 0 aliphatic carbocycles. The highest BCUT2D eigenvalue weighted by atomic mass is 32.1. The van der Waals surface area contributed by atoms with Gasteiger partial charge >= 0.3 is 0 Å². The van der Waals surface area contributed by atoms with E-state index < -0.39 is 0 Å². The van der Waals surface area contributed by atoms with Gasteiger partial charge in [0.05, 0.1) is 17.8 Å². The Morgan fingerprint density at radius 1 is 1.56 bits per heavy atom. The quantitative estimate of drug-likeness (QED) is 0.829. The van der Waals surface area contributed by atoms with Crippen molar-refractivity contribution < 1.29 is 9.84 Å². The average Bonchev–Trinajstić information content (AvgIpc) is 2.74. The minimum atomic E-state index is -0.158. The van der Waals surface area contributed by atoms with Crippen molar-refractivity contribution in [3.63, 3.8) is 0 Å². The van der Waals surface area contributed by atoms with Crippen molar-refractivity contribution in [1.82, 2.24) is 10.3 Å². The van der Waals surface area contributed by atoms with E-state index in [9.17, 15) is 5.11 Å². The molecule has 0 atom stereocenters. The van der Waals surface area contributed by atoms with Crippen molar-refractivity contribution in [3.8, 4) is 0 Å². The molecule has 0 spiro atoms. The average molecular weight is 242 g/mol. The Bertz CT molecular complexity index is 334. The number of aliphatic hydroxyl groups is 1. The Morgan fingerprint density at radius 3 is 2.88 bits per heavy atom. The van der Waals surface area contributed by atoms with Gasteiger partial charge in [-0.3, -0.25) is 0 Å². The van der Waals surface area contributed by atoms with Gasteiger partial charge in [0.25, 0.3) is 0 Å². The highest BCUT2D eigenvalue weighted by Gasteiger charge is 2.31. The van der Waals surface area contributed by atoms with Gasteiger partial charge in [0.2, 0.25) is 0 Å². The normalized spacial score (nSPS) is 19.9. The first-order chi connectivity index (χ1) is 7.76. The molecule has 16 heavy (non-hydrogen) atoms. The predicted molar refractivity (Wildman–Crippen MR) is 63.6 cm³/mol. The van der Waals surface area contributed by atoms with E-state index in [0.717, 1.165) is 38.3 Å². The number of nitrogens with zero attached hydrogens (tertiary/aromatic N) is 1. The number of thiazole rings is 1. The lowest BCUT2D eigenvalue weighted by Crippen LogP contribution is -2.51. The van der Waals surface area contributed by atoms with Gasteiger partial charge in [0, 0.05) is 30.2 Å². The molecule has 1 fully saturated rings. The fraction of sp³-hybridized carbons (Fsp3) is 0.727. The topological polar surface area (TPSA) is 54.4 Å². The van der Waals surface area contributed by atoms with Crippen LogP contribution in [0, 0.1) is 6.92 Å². The SMILES string of the molecule is Cc1ncsc1CNC1(CO)CCOCC1. The van der Waals surface area contributed by atoms with Crippen molar-refractivity contribution in [2.24, 2.45) is 0 Å². The summed E-state index contributed by atoms with van der Waals surface area (Å²) in [5.41, 5.74) is 2.79. The first-order valence-electron chi connectivity index (χ1n) is 5.58. The Morgan fingerprint density at radius 2 is 2.31 bits per heavy atom. The fourth-order valence-electron chi connectivity index (χ4n) is 1.92. The summed E-state index contributed by atoms with van der Waals surface area (Å²) < 4.78 is 5.33. The van der Waals surface area contributed by atoms with E-state index in [1.165, 1.54) is 4.88 Å². The zero-order chi connectivity index (χ0) is 11.4. The Labute approximate surface area is 99.7 Å². The number of nitrogens with one attached hydrogen (secondary N) is 1. The second kappa shape index (κ2) is 5.23. The maximum Gasteiger partial charge on any atom is 0.0798 e. The predicted octanol–water partition coefficient (Wildman–Crippen LogP) is 1.08. The molecule has 2 rings (SSSR count). The molecule has 4 nitrogen and oxygen atoms in total. The van der Waals surface area contributed by atoms with Crippen molar-refractivity contribution in [2.45, 2.75) is 31.8 Å². The van der Waals surface area contributed by atoms with Crippen LogP contribution < -0.4 is 5.32 Å². The van der Waals surface area contributed by atoms with E-state index in [1.54, 1.807) is 11.3 Å². The van der Waals surface area contributed by atoms with Crippen LogP contribution in [0.2, 0.25) is 0 Å². The third-order valence-corrected chi connectivity index (χ3v) is 4.16. The van der Waals surface area contributed by atoms with Gasteiger partial charge in [0.15, 0.2) is 0 Å². The lowest BCUT2D eigenvalue weighted by Gasteiger charge is -2.36. The molecule has 1 aromatic rings. The molecule has 1 aliphatic rings. The Kier molecular flexibility index (Phi) is 3.91. The Balaban J connectivity index is 1.94. The first kappa shape index (κ1) is 12.0. The maximum absolute atomic E-state index is 9.51. The van der Waals surface area contributed by atoms with Crippen molar-refractivity contribution in [2.75, 3.05) is 19.8 Å². The molecule has 0 amide bonds. The van der Waals surface area contributed by atoms with E-state index in [1.807, 2.05) is 12.4 Å². The maximum atomic E-state index is 9.51. The van der Waals surface area contributed by atoms with Crippen LogP contribution in [-0.4, -0.2) is 35.5 Å². The summed E-state index contributed by atoms with van der Waals surface area (Å²) in [6.45, 7) is 4.44. The van der Waals surface area contributed by atoms with Crippen LogP contribution in [0.15, 0.2) is 5.51 Å². The molecule has 0 bridgehead atoms. The summed E-state index contributed by atoms with van der Waals surface area (Å²) in [5.74, 6) is 0. The van der Waals surface area contributed by atoms with E-state index in [-0.39, 0.29) is 12.1 Å². The zero-order valence-electron chi connectivity index (χ0n) is 9.53. The van der Waals surface area contributed by atoms with E-state index in [0.29, 0.717) is 0 Å². The lowest BCUT2D eigenvalue weighted by atomic mass is 9.91. The van der Waals surface area contributed by atoms with Gasteiger partial charge in [0.1, 0.15) is 0 Å². The first-order valence-corrected chi connectivity index (χ1v) is 6.46. The second-order valence-corrected chi connectivity index (χ2v) is 5.20. The zero-order valence-corrected chi connectivity index (χ0v) is 10.3. The summed E-state index contributed by atoms with van der Waals surface area (Å²) in [7, 11) is 0. The standard InChI is InChI=1S/C11H18N2O2S/c1-9-10(16-8-12-9)6-13-11(7-14)2-4-15-5-3-11/h8,13-14H,2-7H2,1H3. The Hall–Kier alpha value is -0.490. The third-order valence-electron chi connectivity index (χ3n) is 3.22. The van der Waals surface area contributed by atoms with Gasteiger partial charge in [-0.2, -0.15) is 0 Å². The molecule has 1 aromatic heterocycles. The van der Waals surface area contributed by atoms with Crippen LogP contribution in [0.4, 0.5) is 0 Å². The number of ether oxygens (including phenoxy) is 1. The van der Waals surface area contributed by atoms with Crippen molar-refractivity contribution >= 4 is 11.3 Å². The number of rotatable bonds is 4. The highest BCUT2D eigenvalue weighted by molar-refractivity contribution is 7.09. The minimum Gasteiger partial charge on any atom is -0.394 e. The number of aryl methyl sites for hydroxylation is 1. The highest BCUT2D eigenvalue weighted by Crippen LogP contribution is 2.22. The van der Waals surface area contributed by atoms with Gasteiger partial charge in [-0.05, 0) is 19.8 Å². The molecule has 0 unspecified atom stereocenters. The van der Waals surface area contributed by atoms with Gasteiger partial charge in [-0.25, -0.2) is 4.98 Å². The molecule has 2 heterocycles. The molecule has 5 heteroatoms. The van der Waals surface area contributed by atoms with E-state index in [2.05, 4.69) is 10.3 Å². The molecular weight excluding hydrogens is 224 g/mol. The summed E-state index contributed by atoms with van der Waals surface area (Å²) in [6, 6.07) is 0. The fourth-order valence-corrected chi connectivity index (χ4v) is 2.63. The van der Waals surface area contributed by atoms with Crippen LogP contribution in [0.25, 0.3) is 0 Å². The van der Waals surface area contributed by atoms with Crippen LogP contribution >= 0.6 is 11.3 Å². The number of hydrogen-bond donors (Lipinski definition) is 2. The largest absolute Gasteiger partial charge is 0.394 e. The monoisotopic (exact) mass is 242 g/mol. The second-order valence-electron chi connectivity index (χ2n) is 4.27. The molecule has 0 aromatic carbocycles. The van der Waals surface area contributed by atoms with Crippen LogP contribution in [0.1, 0.15) is 23.4 Å². The van der Waals surface area contributed by atoms with Gasteiger partial charge in [-0.1, -0.05) is 0 Å². The van der Waals surface area contributed by atoms with Crippen molar-refractivity contribution in [1.29, 1.82) is 0 Å². The van der Waals surface area contributed by atoms with E-state index in [4.69, 9.17) is 4.74 Å². The summed E-state index contributed by atoms with van der Waals surface area (Å²) in [4.78, 5) is 5.47. The number of aliphatic hydroxyl groups excluding tert-OH is 1. The summed E-state index contributed by atoms with van der Waals surface area (Å²) in [5, 5.41) is 13.0. The lowest BCUT2D eigenvalue weighted by molar-refractivity contribution is 0.0112. The number of hydrogen-bond acceptors (Lipinski definition) is 5. The number of aromatic nitrogens is 1.